The smallest absolute Gasteiger partial charge is 0.261 e. The number of hydrogen-bond acceptors (Lipinski definition) is 7. The van der Waals surface area contributed by atoms with Crippen molar-refractivity contribution in [2.75, 3.05) is 38.5 Å². The molecule has 4 rings (SSSR count). The van der Waals surface area contributed by atoms with Gasteiger partial charge in [-0.25, -0.2) is 14.4 Å². The van der Waals surface area contributed by atoms with E-state index in [0.29, 0.717) is 29.6 Å². The highest BCUT2D eigenvalue weighted by Crippen LogP contribution is 2.32. The number of piperazine rings is 1. The zero-order valence-corrected chi connectivity index (χ0v) is 20.3. The second-order valence-electron chi connectivity index (χ2n) is 8.51. The Morgan fingerprint density at radius 2 is 1.94 bits per heavy atom. The van der Waals surface area contributed by atoms with Gasteiger partial charge in [0.2, 0.25) is 11.7 Å². The molecule has 0 radical (unpaired) electrons. The normalized spacial score (nSPS) is 15.3. The van der Waals surface area contributed by atoms with Crippen molar-refractivity contribution in [3.63, 3.8) is 0 Å². The SMILES string of the molecule is C=N/C(=C\C=C(/C)C(=O)N1CCN(C)CC1)Nc1ncnc(Oc2ccc3[nH]c(C)cc3c2F)c1F. The summed E-state index contributed by atoms with van der Waals surface area (Å²) in [7, 11) is 2.02. The van der Waals surface area contributed by atoms with Crippen molar-refractivity contribution < 1.29 is 18.3 Å². The third kappa shape index (κ3) is 5.41. The number of anilines is 1. The average Bonchev–Trinajstić information content (AvgIpc) is 3.26. The zero-order valence-electron chi connectivity index (χ0n) is 20.3. The van der Waals surface area contributed by atoms with E-state index in [1.165, 1.54) is 12.1 Å². The quantitative estimate of drug-likeness (QED) is 0.292. The molecule has 1 aromatic carbocycles. The number of hydrogen-bond donors (Lipinski definition) is 2. The number of aromatic nitrogens is 3. The summed E-state index contributed by atoms with van der Waals surface area (Å²) in [5.41, 5.74) is 1.89. The van der Waals surface area contributed by atoms with Gasteiger partial charge in [0, 0.05) is 48.3 Å². The number of aryl methyl sites for hydroxylation is 1. The summed E-state index contributed by atoms with van der Waals surface area (Å²) in [4.78, 5) is 31.1. The summed E-state index contributed by atoms with van der Waals surface area (Å²) < 4.78 is 35.4. The predicted octanol–water partition coefficient (Wildman–Crippen LogP) is 4.01. The summed E-state index contributed by atoms with van der Waals surface area (Å²) >= 11 is 0. The second-order valence-corrected chi connectivity index (χ2v) is 8.51. The molecule has 0 unspecified atom stereocenters. The van der Waals surface area contributed by atoms with Gasteiger partial charge in [-0.3, -0.25) is 4.79 Å². The third-order valence-electron chi connectivity index (χ3n) is 5.84. The fraction of sp³-hybridized carbons (Fsp3) is 0.280. The van der Waals surface area contributed by atoms with E-state index in [2.05, 4.69) is 36.9 Å². The molecule has 0 saturated carbocycles. The van der Waals surface area contributed by atoms with E-state index in [4.69, 9.17) is 4.74 Å². The fourth-order valence-electron chi connectivity index (χ4n) is 3.77. The van der Waals surface area contributed by atoms with Crippen molar-refractivity contribution in [1.29, 1.82) is 0 Å². The van der Waals surface area contributed by atoms with Crippen LogP contribution in [0, 0.1) is 18.6 Å². The Balaban J connectivity index is 1.50. The first-order valence-electron chi connectivity index (χ1n) is 11.3. The van der Waals surface area contributed by atoms with Gasteiger partial charge in [-0.05, 0) is 51.9 Å². The van der Waals surface area contributed by atoms with Crippen LogP contribution in [-0.4, -0.2) is 70.6 Å². The van der Waals surface area contributed by atoms with E-state index < -0.39 is 17.5 Å². The van der Waals surface area contributed by atoms with Gasteiger partial charge in [0.1, 0.15) is 12.1 Å². The number of carbonyl (C=O) groups is 1. The van der Waals surface area contributed by atoms with Crippen molar-refractivity contribution in [3.05, 3.63) is 65.4 Å². The van der Waals surface area contributed by atoms with Gasteiger partial charge in [-0.15, -0.1) is 0 Å². The van der Waals surface area contributed by atoms with Gasteiger partial charge in [-0.1, -0.05) is 6.08 Å². The van der Waals surface area contributed by atoms with E-state index in [-0.39, 0.29) is 23.3 Å². The number of aliphatic imine (C=N–C) groups is 1. The number of allylic oxidation sites excluding steroid dienone is 2. The molecule has 9 nitrogen and oxygen atoms in total. The fourth-order valence-corrected chi connectivity index (χ4v) is 3.77. The Morgan fingerprint density at radius 3 is 2.67 bits per heavy atom. The van der Waals surface area contributed by atoms with Crippen LogP contribution in [0.1, 0.15) is 12.6 Å². The molecule has 0 atom stereocenters. The Hall–Kier alpha value is -4.12. The number of H-pyrrole nitrogens is 1. The number of nitrogens with one attached hydrogen (secondary N) is 2. The molecule has 1 saturated heterocycles. The number of halogens is 2. The van der Waals surface area contributed by atoms with Crippen LogP contribution in [0.25, 0.3) is 10.9 Å². The van der Waals surface area contributed by atoms with Crippen molar-refractivity contribution >= 4 is 29.3 Å². The van der Waals surface area contributed by atoms with Crippen LogP contribution >= 0.6 is 0 Å². The highest BCUT2D eigenvalue weighted by Gasteiger charge is 2.20. The molecule has 2 aromatic heterocycles. The predicted molar refractivity (Wildman–Crippen MR) is 134 cm³/mol. The topological polar surface area (TPSA) is 98.7 Å². The molecular formula is C25H27F2N7O2. The van der Waals surface area contributed by atoms with Crippen LogP contribution in [-0.2, 0) is 4.79 Å². The number of rotatable bonds is 7. The van der Waals surface area contributed by atoms with Gasteiger partial charge in [-0.2, -0.15) is 9.37 Å². The number of fused-ring (bicyclic) bond motifs is 1. The highest BCUT2D eigenvalue weighted by molar-refractivity contribution is 5.93. The first-order chi connectivity index (χ1) is 17.3. The number of benzene rings is 1. The largest absolute Gasteiger partial charge is 0.433 e. The minimum absolute atomic E-state index is 0.0803. The lowest BCUT2D eigenvalue weighted by Crippen LogP contribution is -2.47. The van der Waals surface area contributed by atoms with Crippen LogP contribution < -0.4 is 10.1 Å². The maximum Gasteiger partial charge on any atom is 0.261 e. The summed E-state index contributed by atoms with van der Waals surface area (Å²) in [6.45, 7) is 9.92. The Labute approximate surface area is 207 Å². The summed E-state index contributed by atoms with van der Waals surface area (Å²) in [5.74, 6) is -2.38. The van der Waals surface area contributed by atoms with E-state index in [1.807, 2.05) is 7.05 Å². The van der Waals surface area contributed by atoms with Gasteiger partial charge in [0.15, 0.2) is 17.4 Å². The Bertz CT molecular complexity index is 1360. The molecule has 0 bridgehead atoms. The summed E-state index contributed by atoms with van der Waals surface area (Å²) in [6.07, 6.45) is 4.16. The second kappa shape index (κ2) is 10.6. The lowest BCUT2D eigenvalue weighted by Gasteiger charge is -2.32. The lowest BCUT2D eigenvalue weighted by molar-refractivity contribution is -0.128. The van der Waals surface area contributed by atoms with Crippen molar-refractivity contribution in [3.8, 4) is 11.6 Å². The van der Waals surface area contributed by atoms with E-state index in [9.17, 15) is 9.18 Å². The van der Waals surface area contributed by atoms with E-state index in [1.54, 1.807) is 37.0 Å². The van der Waals surface area contributed by atoms with Gasteiger partial charge < -0.3 is 24.8 Å². The molecule has 2 N–H and O–H groups in total. The standard InChI is InChI=1S/C25H27F2N7O2/c1-15(25(35)34-11-9-33(4)10-12-34)5-8-20(28-3)32-23-22(27)24(30-14-29-23)36-19-7-6-18-17(21(19)26)13-16(2)31-18/h5-8,13-14,31H,3,9-12H2,1-2,4H3,(H,29,30,32)/b15-5+,20-8+. The molecule has 1 aliphatic heterocycles. The Morgan fingerprint density at radius 1 is 1.19 bits per heavy atom. The summed E-state index contributed by atoms with van der Waals surface area (Å²) in [6, 6.07) is 4.67. The molecule has 3 aromatic rings. The van der Waals surface area contributed by atoms with Crippen molar-refractivity contribution in [2.24, 2.45) is 4.99 Å². The van der Waals surface area contributed by atoms with Gasteiger partial charge in [0.05, 0.1) is 0 Å². The highest BCUT2D eigenvalue weighted by atomic mass is 19.1. The molecule has 1 aliphatic rings. The maximum atomic E-state index is 15.1. The molecular weight excluding hydrogens is 468 g/mol. The minimum Gasteiger partial charge on any atom is -0.433 e. The first-order valence-corrected chi connectivity index (χ1v) is 11.3. The van der Waals surface area contributed by atoms with Crippen LogP contribution in [0.4, 0.5) is 14.6 Å². The van der Waals surface area contributed by atoms with Crippen LogP contribution in [0.3, 0.4) is 0 Å². The number of ether oxygens (including phenoxy) is 1. The van der Waals surface area contributed by atoms with Crippen LogP contribution in [0.15, 0.2) is 53.1 Å². The lowest BCUT2D eigenvalue weighted by atomic mass is 10.2. The summed E-state index contributed by atoms with van der Waals surface area (Å²) in [5, 5.41) is 3.03. The molecule has 0 aliphatic carbocycles. The van der Waals surface area contributed by atoms with E-state index >= 15 is 4.39 Å². The molecule has 3 heterocycles. The number of likely N-dealkylation sites (N-methyl/N-ethyl adjacent to an activating group) is 1. The number of carbonyl (C=O) groups excluding carboxylic acids is 1. The number of amides is 1. The van der Waals surface area contributed by atoms with Gasteiger partial charge >= 0.3 is 0 Å². The average molecular weight is 496 g/mol. The molecule has 1 amide bonds. The molecule has 0 spiro atoms. The molecule has 188 valence electrons. The number of nitrogens with zero attached hydrogens (tertiary/aromatic N) is 5. The third-order valence-corrected chi connectivity index (χ3v) is 5.84. The van der Waals surface area contributed by atoms with Crippen molar-refractivity contribution in [2.45, 2.75) is 13.8 Å². The van der Waals surface area contributed by atoms with E-state index in [0.717, 1.165) is 25.1 Å². The molecule has 11 heteroatoms. The Kier molecular flexibility index (Phi) is 7.39. The van der Waals surface area contributed by atoms with Crippen molar-refractivity contribution in [1.82, 2.24) is 24.8 Å². The molecule has 1 fully saturated rings. The monoisotopic (exact) mass is 495 g/mol. The van der Waals surface area contributed by atoms with Gasteiger partial charge in [0.25, 0.3) is 5.88 Å². The zero-order chi connectivity index (χ0) is 25.8. The minimum atomic E-state index is -0.939. The van der Waals surface area contributed by atoms with Crippen LogP contribution in [0.2, 0.25) is 0 Å². The number of aromatic amines is 1. The molecule has 36 heavy (non-hydrogen) atoms. The first kappa shape index (κ1) is 25.0. The maximum absolute atomic E-state index is 15.1. The van der Waals surface area contributed by atoms with Crippen LogP contribution in [0.5, 0.6) is 11.6 Å².